The van der Waals surface area contributed by atoms with Crippen LogP contribution in [0.15, 0.2) is 41.5 Å². The van der Waals surface area contributed by atoms with Crippen molar-refractivity contribution < 1.29 is 32.6 Å². The normalized spacial score (nSPS) is 11.3. The number of aromatic hydroxyl groups is 1. The van der Waals surface area contributed by atoms with E-state index in [0.717, 1.165) is 12.1 Å². The Morgan fingerprint density at radius 3 is 2.59 bits per heavy atom. The Morgan fingerprint density at radius 2 is 1.93 bits per heavy atom. The Hall–Kier alpha value is -3.27. The number of nitrogens with one attached hydrogen (secondary N) is 2. The average Bonchev–Trinajstić information content (AvgIpc) is 2.65. The molecular formula is C18H15ClF3N3O4. The molecule has 2 rings (SSSR count). The third kappa shape index (κ3) is 6.11. The highest BCUT2D eigenvalue weighted by Crippen LogP contribution is 2.36. The molecule has 0 aliphatic heterocycles. The topological polar surface area (TPSA) is 100 Å². The fourth-order valence-electron chi connectivity index (χ4n) is 2.11. The van der Waals surface area contributed by atoms with Crippen molar-refractivity contribution in [2.24, 2.45) is 5.10 Å². The number of carbonyl (C=O) groups is 2. The second kappa shape index (κ2) is 9.28. The van der Waals surface area contributed by atoms with Crippen molar-refractivity contribution in [2.45, 2.75) is 13.1 Å². The molecule has 2 amide bonds. The number of rotatable bonds is 5. The first-order valence-corrected chi connectivity index (χ1v) is 8.46. The summed E-state index contributed by atoms with van der Waals surface area (Å²) in [6, 6.07) is 7.00. The molecule has 0 atom stereocenters. The number of benzene rings is 2. The lowest BCUT2D eigenvalue weighted by Gasteiger charge is -2.11. The number of carbonyl (C=O) groups excluding carboxylic acids is 2. The van der Waals surface area contributed by atoms with E-state index in [4.69, 9.17) is 16.3 Å². The van der Waals surface area contributed by atoms with Crippen LogP contribution < -0.4 is 15.5 Å². The van der Waals surface area contributed by atoms with E-state index in [1.165, 1.54) is 24.4 Å². The molecule has 11 heteroatoms. The summed E-state index contributed by atoms with van der Waals surface area (Å²) < 4.78 is 43.7. The maximum atomic E-state index is 12.8. The quantitative estimate of drug-likeness (QED) is 0.384. The maximum Gasteiger partial charge on any atom is 0.417 e. The minimum Gasteiger partial charge on any atom is -0.504 e. The maximum absolute atomic E-state index is 12.8. The molecule has 0 unspecified atom stereocenters. The summed E-state index contributed by atoms with van der Waals surface area (Å²) in [5, 5.41) is 14.7. The number of anilines is 1. The van der Waals surface area contributed by atoms with Gasteiger partial charge in [0.1, 0.15) is 0 Å². The monoisotopic (exact) mass is 429 g/mol. The Kier molecular flexibility index (Phi) is 7.05. The zero-order valence-electron chi connectivity index (χ0n) is 14.9. The van der Waals surface area contributed by atoms with E-state index in [0.29, 0.717) is 18.2 Å². The number of halogens is 4. The third-order valence-electron chi connectivity index (χ3n) is 3.40. The minimum absolute atomic E-state index is 0.0754. The summed E-state index contributed by atoms with van der Waals surface area (Å²) in [7, 11) is 0. The molecule has 0 radical (unpaired) electrons. The summed E-state index contributed by atoms with van der Waals surface area (Å²) in [6.07, 6.45) is -3.52. The molecule has 0 heterocycles. The molecule has 0 aliphatic carbocycles. The van der Waals surface area contributed by atoms with E-state index in [1.54, 1.807) is 6.92 Å². The summed E-state index contributed by atoms with van der Waals surface area (Å²) in [6.45, 7) is 2.06. The lowest BCUT2D eigenvalue weighted by Crippen LogP contribution is -2.32. The van der Waals surface area contributed by atoms with Crippen molar-refractivity contribution in [3.63, 3.8) is 0 Å². The van der Waals surface area contributed by atoms with Crippen molar-refractivity contribution in [1.82, 2.24) is 5.43 Å². The van der Waals surface area contributed by atoms with Gasteiger partial charge in [0.05, 0.1) is 23.4 Å². The fraction of sp³-hybridized carbons (Fsp3) is 0.167. The smallest absolute Gasteiger partial charge is 0.417 e. The number of alkyl halides is 3. The minimum atomic E-state index is -4.71. The van der Waals surface area contributed by atoms with Gasteiger partial charge in [0, 0.05) is 5.69 Å². The van der Waals surface area contributed by atoms with E-state index in [-0.39, 0.29) is 17.2 Å². The largest absolute Gasteiger partial charge is 0.504 e. The summed E-state index contributed by atoms with van der Waals surface area (Å²) in [5.74, 6) is -2.29. The molecule has 2 aromatic carbocycles. The summed E-state index contributed by atoms with van der Waals surface area (Å²) in [5.41, 5.74) is 0.994. The third-order valence-corrected chi connectivity index (χ3v) is 3.73. The lowest BCUT2D eigenvalue weighted by molar-refractivity contribution is -0.137. The lowest BCUT2D eigenvalue weighted by atomic mass is 10.2. The fourth-order valence-corrected chi connectivity index (χ4v) is 2.33. The van der Waals surface area contributed by atoms with Crippen LogP contribution in [0.4, 0.5) is 18.9 Å². The zero-order valence-corrected chi connectivity index (χ0v) is 15.6. The van der Waals surface area contributed by atoms with Gasteiger partial charge in [-0.15, -0.1) is 0 Å². The first-order valence-electron chi connectivity index (χ1n) is 8.08. The summed E-state index contributed by atoms with van der Waals surface area (Å²) in [4.78, 5) is 23.6. The molecule has 0 aromatic heterocycles. The Labute approximate surface area is 168 Å². The molecule has 3 N–H and O–H groups in total. The zero-order chi connectivity index (χ0) is 21.6. The van der Waals surface area contributed by atoms with Gasteiger partial charge in [-0.25, -0.2) is 5.43 Å². The highest BCUT2D eigenvalue weighted by molar-refractivity contribution is 6.39. The van der Waals surface area contributed by atoms with Gasteiger partial charge in [-0.3, -0.25) is 9.59 Å². The van der Waals surface area contributed by atoms with Crippen molar-refractivity contribution in [3.8, 4) is 11.5 Å². The van der Waals surface area contributed by atoms with Crippen LogP contribution in [0.1, 0.15) is 18.1 Å². The number of phenols is 1. The number of ether oxygens (including phenoxy) is 1. The first-order chi connectivity index (χ1) is 13.6. The van der Waals surface area contributed by atoms with Gasteiger partial charge in [-0.05, 0) is 48.9 Å². The molecule has 7 nitrogen and oxygen atoms in total. The molecule has 0 fully saturated rings. The van der Waals surface area contributed by atoms with Gasteiger partial charge in [0.25, 0.3) is 0 Å². The molecule has 2 aromatic rings. The van der Waals surface area contributed by atoms with Crippen LogP contribution in [0.5, 0.6) is 11.5 Å². The Morgan fingerprint density at radius 1 is 1.21 bits per heavy atom. The van der Waals surface area contributed by atoms with E-state index >= 15 is 0 Å². The number of hydrogen-bond donors (Lipinski definition) is 3. The molecule has 0 bridgehead atoms. The second-order valence-electron chi connectivity index (χ2n) is 5.51. The molecule has 29 heavy (non-hydrogen) atoms. The summed E-state index contributed by atoms with van der Waals surface area (Å²) >= 11 is 5.49. The van der Waals surface area contributed by atoms with Gasteiger partial charge in [0.15, 0.2) is 11.5 Å². The SMILES string of the molecule is CCOc1cc(/C=N\NC(=O)C(=O)Nc2ccc(Cl)c(C(F)(F)F)c2)ccc1O. The van der Waals surface area contributed by atoms with Gasteiger partial charge in [0.2, 0.25) is 0 Å². The highest BCUT2D eigenvalue weighted by atomic mass is 35.5. The second-order valence-corrected chi connectivity index (χ2v) is 5.91. The van der Waals surface area contributed by atoms with Crippen LogP contribution in [-0.2, 0) is 15.8 Å². The molecule has 0 aliphatic rings. The molecule has 154 valence electrons. The van der Waals surface area contributed by atoms with Crippen LogP contribution in [0.3, 0.4) is 0 Å². The Bertz CT molecular complexity index is 948. The van der Waals surface area contributed by atoms with Gasteiger partial charge in [-0.1, -0.05) is 11.6 Å². The van der Waals surface area contributed by atoms with Crippen molar-refractivity contribution in [3.05, 3.63) is 52.5 Å². The predicted octanol–water partition coefficient (Wildman–Crippen LogP) is 3.55. The van der Waals surface area contributed by atoms with Crippen LogP contribution in [0.25, 0.3) is 0 Å². The van der Waals surface area contributed by atoms with Crippen molar-refractivity contribution in [1.29, 1.82) is 0 Å². The molecule has 0 saturated heterocycles. The number of hydrogen-bond acceptors (Lipinski definition) is 5. The van der Waals surface area contributed by atoms with Gasteiger partial charge >= 0.3 is 18.0 Å². The first kappa shape index (κ1) is 22.0. The van der Waals surface area contributed by atoms with Crippen molar-refractivity contribution in [2.75, 3.05) is 11.9 Å². The van der Waals surface area contributed by atoms with Crippen molar-refractivity contribution >= 4 is 35.3 Å². The number of nitrogens with zero attached hydrogens (tertiary/aromatic N) is 1. The van der Waals surface area contributed by atoms with Crippen LogP contribution in [0, 0.1) is 0 Å². The average molecular weight is 430 g/mol. The predicted molar refractivity (Wildman–Crippen MR) is 100 cm³/mol. The standard InChI is InChI=1S/C18H15ClF3N3O4/c1-2-29-15-7-10(3-6-14(15)26)9-23-25-17(28)16(27)24-11-4-5-13(19)12(8-11)18(20,21)22/h3-9,26H,2H2,1H3,(H,24,27)(H,25,28)/b23-9-. The van der Waals surface area contributed by atoms with Crippen LogP contribution in [-0.4, -0.2) is 29.7 Å². The molecule has 0 spiro atoms. The van der Waals surface area contributed by atoms with E-state index in [2.05, 4.69) is 5.10 Å². The number of phenolic OH excluding ortho intramolecular Hbond substituents is 1. The number of hydrazone groups is 1. The highest BCUT2D eigenvalue weighted by Gasteiger charge is 2.33. The molecular weight excluding hydrogens is 415 g/mol. The van der Waals surface area contributed by atoms with Crippen LogP contribution >= 0.6 is 11.6 Å². The van der Waals surface area contributed by atoms with E-state index in [9.17, 15) is 27.9 Å². The van der Waals surface area contributed by atoms with E-state index < -0.39 is 28.6 Å². The Balaban J connectivity index is 2.00. The van der Waals surface area contributed by atoms with E-state index in [1.807, 2.05) is 10.7 Å². The van der Waals surface area contributed by atoms with Crippen LogP contribution in [0.2, 0.25) is 5.02 Å². The molecule has 0 saturated carbocycles. The van der Waals surface area contributed by atoms with Gasteiger partial charge in [-0.2, -0.15) is 18.3 Å². The van der Waals surface area contributed by atoms with Gasteiger partial charge < -0.3 is 15.2 Å². The number of amides is 2.